The van der Waals surface area contributed by atoms with Gasteiger partial charge in [-0.25, -0.2) is 0 Å². The quantitative estimate of drug-likeness (QED) is 0.758. The van der Waals surface area contributed by atoms with E-state index in [1.54, 1.807) is 0 Å². The van der Waals surface area contributed by atoms with E-state index in [4.69, 9.17) is 0 Å². The molecule has 3 N–H and O–H groups in total. The number of benzene rings is 2. The summed E-state index contributed by atoms with van der Waals surface area (Å²) in [6.07, 6.45) is -0.563. The van der Waals surface area contributed by atoms with Gasteiger partial charge < -0.3 is 15.5 Å². The second-order valence-corrected chi connectivity index (χ2v) is 5.56. The van der Waals surface area contributed by atoms with Gasteiger partial charge in [0, 0.05) is 12.6 Å². The van der Waals surface area contributed by atoms with Crippen LogP contribution in [0.25, 0.3) is 10.8 Å². The summed E-state index contributed by atoms with van der Waals surface area (Å²) in [7, 11) is 0. The smallest absolute Gasteiger partial charge is 0.0914 e. The molecule has 0 aromatic heterocycles. The van der Waals surface area contributed by atoms with Crippen LogP contribution in [0.1, 0.15) is 25.5 Å². The summed E-state index contributed by atoms with van der Waals surface area (Å²) in [4.78, 5) is 0. The van der Waals surface area contributed by atoms with Gasteiger partial charge in [-0.15, -0.1) is 0 Å². The van der Waals surface area contributed by atoms with Crippen LogP contribution in [0.3, 0.4) is 0 Å². The van der Waals surface area contributed by atoms with Crippen LogP contribution >= 0.6 is 0 Å². The van der Waals surface area contributed by atoms with Crippen molar-refractivity contribution in [2.45, 2.75) is 26.0 Å². The summed E-state index contributed by atoms with van der Waals surface area (Å²) in [6, 6.07) is 14.1. The van der Waals surface area contributed by atoms with Crippen LogP contribution in [-0.4, -0.2) is 29.4 Å². The summed E-state index contributed by atoms with van der Waals surface area (Å²) in [5.74, 6) is 0.337. The first-order valence-corrected chi connectivity index (χ1v) is 7.13. The Balaban J connectivity index is 2.05. The van der Waals surface area contributed by atoms with E-state index in [-0.39, 0.29) is 12.6 Å². The monoisotopic (exact) mass is 273 g/mol. The zero-order valence-electron chi connectivity index (χ0n) is 12.1. The summed E-state index contributed by atoms with van der Waals surface area (Å²) in [5.41, 5.74) is 0.900. The lowest BCUT2D eigenvalue weighted by molar-refractivity contribution is 0.148. The lowest BCUT2D eigenvalue weighted by atomic mass is 10.0. The molecule has 2 aromatic carbocycles. The van der Waals surface area contributed by atoms with Gasteiger partial charge >= 0.3 is 0 Å². The van der Waals surface area contributed by atoms with E-state index >= 15 is 0 Å². The molecule has 0 fully saturated rings. The molecule has 2 aromatic rings. The van der Waals surface area contributed by atoms with Gasteiger partial charge in [-0.1, -0.05) is 50.2 Å². The maximum Gasteiger partial charge on any atom is 0.0914 e. The number of aliphatic hydroxyl groups is 2. The molecule has 108 valence electrons. The van der Waals surface area contributed by atoms with Crippen molar-refractivity contribution in [2.24, 2.45) is 5.92 Å². The minimum Gasteiger partial charge on any atom is -0.395 e. The highest BCUT2D eigenvalue weighted by Gasteiger charge is 2.14. The van der Waals surface area contributed by atoms with Gasteiger partial charge in [0.25, 0.3) is 0 Å². The van der Waals surface area contributed by atoms with Crippen LogP contribution in [0.5, 0.6) is 0 Å². The van der Waals surface area contributed by atoms with Gasteiger partial charge in [-0.05, 0) is 28.3 Å². The van der Waals surface area contributed by atoms with Gasteiger partial charge in [0.15, 0.2) is 0 Å². The van der Waals surface area contributed by atoms with E-state index in [0.717, 1.165) is 10.9 Å². The first-order valence-electron chi connectivity index (χ1n) is 7.13. The molecule has 2 unspecified atom stereocenters. The molecule has 0 spiro atoms. The average Bonchev–Trinajstić information content (AvgIpc) is 2.46. The van der Waals surface area contributed by atoms with Gasteiger partial charge in [0.1, 0.15) is 0 Å². The molecule has 0 heterocycles. The Morgan fingerprint density at radius 2 is 1.75 bits per heavy atom. The van der Waals surface area contributed by atoms with Crippen molar-refractivity contribution in [1.82, 2.24) is 5.32 Å². The second-order valence-electron chi connectivity index (χ2n) is 5.56. The van der Waals surface area contributed by atoms with E-state index in [2.05, 4.69) is 25.2 Å². The lowest BCUT2D eigenvalue weighted by Gasteiger charge is -2.22. The Morgan fingerprint density at radius 3 is 2.40 bits per heavy atom. The highest BCUT2D eigenvalue weighted by atomic mass is 16.3. The number of nitrogens with one attached hydrogen (secondary N) is 1. The van der Waals surface area contributed by atoms with E-state index in [1.165, 1.54) is 5.39 Å². The Morgan fingerprint density at radius 1 is 1.05 bits per heavy atom. The summed E-state index contributed by atoms with van der Waals surface area (Å²) in [5, 5.41) is 25.1. The van der Waals surface area contributed by atoms with Crippen molar-refractivity contribution >= 4 is 10.8 Å². The highest BCUT2D eigenvalue weighted by molar-refractivity contribution is 5.83. The van der Waals surface area contributed by atoms with Crippen LogP contribution in [0.15, 0.2) is 42.5 Å². The molecule has 2 rings (SSSR count). The van der Waals surface area contributed by atoms with Crippen molar-refractivity contribution in [1.29, 1.82) is 0 Å². The topological polar surface area (TPSA) is 52.5 Å². The average molecular weight is 273 g/mol. The summed E-state index contributed by atoms with van der Waals surface area (Å²) < 4.78 is 0. The number of hydrogen-bond acceptors (Lipinski definition) is 3. The first-order chi connectivity index (χ1) is 9.61. The Bertz CT molecular complexity index is 553. The van der Waals surface area contributed by atoms with Gasteiger partial charge in [-0.3, -0.25) is 0 Å². The van der Waals surface area contributed by atoms with E-state index in [0.29, 0.717) is 12.5 Å². The second kappa shape index (κ2) is 6.84. The fourth-order valence-electron chi connectivity index (χ4n) is 2.31. The van der Waals surface area contributed by atoms with Crippen LogP contribution in [0.2, 0.25) is 0 Å². The third kappa shape index (κ3) is 3.57. The van der Waals surface area contributed by atoms with Crippen molar-refractivity contribution < 1.29 is 10.2 Å². The van der Waals surface area contributed by atoms with Gasteiger partial charge in [-0.2, -0.15) is 0 Å². The lowest BCUT2D eigenvalue weighted by Crippen LogP contribution is -2.39. The molecule has 2 atom stereocenters. The zero-order chi connectivity index (χ0) is 14.5. The number of fused-ring (bicyclic) bond motifs is 1. The van der Waals surface area contributed by atoms with Crippen LogP contribution < -0.4 is 5.32 Å². The Hall–Kier alpha value is -1.42. The first kappa shape index (κ1) is 15.0. The Kier molecular flexibility index (Phi) is 5.12. The van der Waals surface area contributed by atoms with Crippen LogP contribution in [0, 0.1) is 5.92 Å². The fourth-order valence-corrected chi connectivity index (χ4v) is 2.31. The number of rotatable bonds is 6. The SMILES string of the molecule is CC(C)C(CO)NCC(O)c1ccc2ccccc2c1. The van der Waals surface area contributed by atoms with Crippen molar-refractivity contribution in [2.75, 3.05) is 13.2 Å². The van der Waals surface area contributed by atoms with Crippen LogP contribution in [-0.2, 0) is 0 Å². The van der Waals surface area contributed by atoms with Crippen molar-refractivity contribution in [3.63, 3.8) is 0 Å². The number of aliphatic hydroxyl groups excluding tert-OH is 2. The standard InChI is InChI=1S/C17H23NO2/c1-12(2)16(11-19)18-10-17(20)15-8-7-13-5-3-4-6-14(13)9-15/h3-9,12,16-20H,10-11H2,1-2H3. The largest absolute Gasteiger partial charge is 0.395 e. The molecular formula is C17H23NO2. The third-order valence-electron chi connectivity index (χ3n) is 3.73. The summed E-state index contributed by atoms with van der Waals surface area (Å²) in [6.45, 7) is 4.64. The molecule has 0 amide bonds. The minimum absolute atomic E-state index is 0.0186. The molecule has 0 radical (unpaired) electrons. The van der Waals surface area contributed by atoms with Crippen molar-refractivity contribution in [3.05, 3.63) is 48.0 Å². The normalized spacial score (nSPS) is 14.7. The predicted molar refractivity (Wildman–Crippen MR) is 82.6 cm³/mol. The number of hydrogen-bond donors (Lipinski definition) is 3. The fraction of sp³-hybridized carbons (Fsp3) is 0.412. The van der Waals surface area contributed by atoms with Crippen molar-refractivity contribution in [3.8, 4) is 0 Å². The van der Waals surface area contributed by atoms with E-state index in [9.17, 15) is 10.2 Å². The minimum atomic E-state index is -0.563. The Labute approximate surface area is 120 Å². The zero-order valence-corrected chi connectivity index (χ0v) is 12.1. The molecule has 0 aliphatic carbocycles. The molecule has 0 bridgehead atoms. The molecule has 3 nitrogen and oxygen atoms in total. The maximum absolute atomic E-state index is 10.3. The van der Waals surface area contributed by atoms with Gasteiger partial charge in [0.05, 0.1) is 12.7 Å². The summed E-state index contributed by atoms with van der Waals surface area (Å²) >= 11 is 0. The predicted octanol–water partition coefficient (Wildman–Crippen LogP) is 2.48. The highest BCUT2D eigenvalue weighted by Crippen LogP contribution is 2.20. The maximum atomic E-state index is 10.3. The molecule has 0 aliphatic heterocycles. The van der Waals surface area contributed by atoms with E-state index in [1.807, 2.05) is 36.4 Å². The van der Waals surface area contributed by atoms with Gasteiger partial charge in [0.2, 0.25) is 0 Å². The molecule has 0 aliphatic rings. The molecule has 0 saturated heterocycles. The van der Waals surface area contributed by atoms with Crippen LogP contribution in [0.4, 0.5) is 0 Å². The molecule has 3 heteroatoms. The molecule has 20 heavy (non-hydrogen) atoms. The molecule has 0 saturated carbocycles. The third-order valence-corrected chi connectivity index (χ3v) is 3.73. The molecular weight excluding hydrogens is 250 g/mol. The van der Waals surface area contributed by atoms with E-state index < -0.39 is 6.10 Å².